The van der Waals surface area contributed by atoms with Crippen LogP contribution in [0.2, 0.25) is 0 Å². The van der Waals surface area contributed by atoms with E-state index >= 15 is 0 Å². The molecule has 3 aromatic carbocycles. The van der Waals surface area contributed by atoms with E-state index in [0.717, 1.165) is 30.0 Å². The Bertz CT molecular complexity index is 1030. The van der Waals surface area contributed by atoms with Gasteiger partial charge in [-0.05, 0) is 58.4 Å². The van der Waals surface area contributed by atoms with Crippen LogP contribution in [0.4, 0.5) is 10.5 Å². The van der Waals surface area contributed by atoms with Gasteiger partial charge in [0.15, 0.2) is 0 Å². The van der Waals surface area contributed by atoms with Crippen molar-refractivity contribution in [2.75, 3.05) is 18.5 Å². The molecule has 1 aliphatic carbocycles. The van der Waals surface area contributed by atoms with E-state index in [1.54, 1.807) is 0 Å². The lowest BCUT2D eigenvalue weighted by Crippen LogP contribution is -2.18. The molecule has 1 heterocycles. The lowest BCUT2D eigenvalue weighted by atomic mass is 9.95. The van der Waals surface area contributed by atoms with Crippen molar-refractivity contribution in [3.63, 3.8) is 0 Å². The van der Waals surface area contributed by atoms with Crippen LogP contribution in [0.1, 0.15) is 41.9 Å². The van der Waals surface area contributed by atoms with Crippen molar-refractivity contribution in [3.8, 4) is 16.9 Å². The Kier molecular flexibility index (Phi) is 4.47. The third-order valence-electron chi connectivity index (χ3n) is 5.94. The van der Waals surface area contributed by atoms with E-state index in [4.69, 9.17) is 9.47 Å². The second-order valence-electron chi connectivity index (χ2n) is 7.74. The van der Waals surface area contributed by atoms with Crippen LogP contribution in [0.5, 0.6) is 5.75 Å². The molecule has 4 nitrogen and oxygen atoms in total. The summed E-state index contributed by atoms with van der Waals surface area (Å²) in [5, 5.41) is 2.87. The zero-order chi connectivity index (χ0) is 19.8. The lowest BCUT2D eigenvalue weighted by Gasteiger charge is -2.23. The van der Waals surface area contributed by atoms with E-state index in [2.05, 4.69) is 36.5 Å². The Morgan fingerprint density at radius 2 is 1.69 bits per heavy atom. The fourth-order valence-electron chi connectivity index (χ4n) is 4.40. The number of carbonyl (C=O) groups is 1. The number of fused-ring (bicyclic) bond motifs is 4. The minimum Gasteiger partial charge on any atom is -0.493 e. The smallest absolute Gasteiger partial charge is 0.411 e. The monoisotopic (exact) mass is 385 g/mol. The van der Waals surface area contributed by atoms with Crippen LogP contribution in [0.15, 0.2) is 66.7 Å². The molecule has 4 heteroatoms. The maximum atomic E-state index is 12.5. The fraction of sp³-hybridized carbons (Fsp3) is 0.240. The summed E-state index contributed by atoms with van der Waals surface area (Å²) in [4.78, 5) is 12.5. The van der Waals surface area contributed by atoms with Crippen LogP contribution in [-0.4, -0.2) is 19.3 Å². The number of hydrogen-bond acceptors (Lipinski definition) is 3. The molecule has 5 rings (SSSR count). The number of amides is 1. The molecule has 146 valence electrons. The molecule has 0 saturated carbocycles. The Morgan fingerprint density at radius 1 is 1.00 bits per heavy atom. The maximum Gasteiger partial charge on any atom is 0.411 e. The summed E-state index contributed by atoms with van der Waals surface area (Å²) in [7, 11) is 0. The molecular weight excluding hydrogens is 362 g/mol. The van der Waals surface area contributed by atoms with Crippen molar-refractivity contribution in [3.05, 3.63) is 83.4 Å². The van der Waals surface area contributed by atoms with Crippen LogP contribution in [-0.2, 0) is 4.74 Å². The second kappa shape index (κ2) is 7.28. The third-order valence-corrected chi connectivity index (χ3v) is 5.94. The van der Waals surface area contributed by atoms with Crippen molar-refractivity contribution in [1.29, 1.82) is 0 Å². The van der Waals surface area contributed by atoms with Gasteiger partial charge < -0.3 is 9.47 Å². The topological polar surface area (TPSA) is 47.6 Å². The largest absolute Gasteiger partial charge is 0.493 e. The molecule has 0 bridgehead atoms. The summed E-state index contributed by atoms with van der Waals surface area (Å²) in [5.74, 6) is 1.38. The maximum absolute atomic E-state index is 12.5. The molecule has 0 saturated heterocycles. The van der Waals surface area contributed by atoms with Gasteiger partial charge >= 0.3 is 6.09 Å². The summed E-state index contributed by atoms with van der Waals surface area (Å²) in [5.41, 5.74) is 6.73. The summed E-state index contributed by atoms with van der Waals surface area (Å²) in [6.07, 6.45) is 0.553. The van der Waals surface area contributed by atoms with Gasteiger partial charge in [-0.15, -0.1) is 0 Å². The molecule has 1 N–H and O–H groups in total. The van der Waals surface area contributed by atoms with Crippen molar-refractivity contribution >= 4 is 11.8 Å². The molecule has 3 aromatic rings. The molecule has 29 heavy (non-hydrogen) atoms. The summed E-state index contributed by atoms with van der Waals surface area (Å²) in [6, 6.07) is 22.4. The number of rotatable bonds is 3. The number of hydrogen-bond donors (Lipinski definition) is 1. The Morgan fingerprint density at radius 3 is 2.41 bits per heavy atom. The first-order chi connectivity index (χ1) is 14.2. The first-order valence-electron chi connectivity index (χ1n) is 10.1. The van der Waals surface area contributed by atoms with Gasteiger partial charge in [0.05, 0.1) is 6.61 Å². The van der Waals surface area contributed by atoms with Gasteiger partial charge in [0.2, 0.25) is 0 Å². The van der Waals surface area contributed by atoms with Gasteiger partial charge in [-0.3, -0.25) is 5.32 Å². The van der Waals surface area contributed by atoms with Crippen LogP contribution >= 0.6 is 0 Å². The standard InChI is InChI=1S/C25H23NO3/c1-16-12-13-28-24-11-10-17(14-22(16)24)26-25(27)29-15-23-20-8-4-2-6-18(20)19-7-3-5-9-21(19)23/h2-11,14,16,23H,12-13,15H2,1H3,(H,26,27). The van der Waals surface area contributed by atoms with Gasteiger partial charge in [0, 0.05) is 11.6 Å². The van der Waals surface area contributed by atoms with Crippen LogP contribution < -0.4 is 10.1 Å². The van der Waals surface area contributed by atoms with Crippen LogP contribution in [0, 0.1) is 0 Å². The summed E-state index contributed by atoms with van der Waals surface area (Å²) >= 11 is 0. The van der Waals surface area contributed by atoms with Gasteiger partial charge in [-0.1, -0.05) is 55.5 Å². The molecule has 1 aliphatic heterocycles. The minimum absolute atomic E-state index is 0.0603. The molecule has 1 amide bonds. The lowest BCUT2D eigenvalue weighted by molar-refractivity contribution is 0.158. The highest BCUT2D eigenvalue weighted by Gasteiger charge is 2.29. The number of nitrogens with one attached hydrogen (secondary N) is 1. The quantitative estimate of drug-likeness (QED) is 0.607. The zero-order valence-electron chi connectivity index (χ0n) is 16.4. The number of carbonyl (C=O) groups excluding carboxylic acids is 1. The number of benzene rings is 3. The van der Waals surface area contributed by atoms with E-state index < -0.39 is 6.09 Å². The molecule has 2 aliphatic rings. The van der Waals surface area contributed by atoms with Crippen molar-refractivity contribution in [1.82, 2.24) is 0 Å². The molecule has 0 aromatic heterocycles. The third kappa shape index (κ3) is 3.25. The van der Waals surface area contributed by atoms with Crippen LogP contribution in [0.25, 0.3) is 11.1 Å². The molecule has 1 atom stereocenters. The Hall–Kier alpha value is -3.27. The van der Waals surface area contributed by atoms with E-state index in [1.165, 1.54) is 22.3 Å². The van der Waals surface area contributed by atoms with Gasteiger partial charge in [0.25, 0.3) is 0 Å². The average molecular weight is 385 g/mol. The zero-order valence-corrected chi connectivity index (χ0v) is 16.4. The highest BCUT2D eigenvalue weighted by molar-refractivity contribution is 5.85. The summed E-state index contributed by atoms with van der Waals surface area (Å²) < 4.78 is 11.3. The number of ether oxygens (including phenoxy) is 2. The first kappa shape index (κ1) is 17.8. The Labute approximate surface area is 170 Å². The van der Waals surface area contributed by atoms with E-state index in [9.17, 15) is 4.79 Å². The SMILES string of the molecule is CC1CCOc2ccc(NC(=O)OCC3c4ccccc4-c4ccccc43)cc21. The van der Waals surface area contributed by atoms with Crippen molar-refractivity contribution < 1.29 is 14.3 Å². The molecule has 0 fully saturated rings. The predicted molar refractivity (Wildman–Crippen MR) is 114 cm³/mol. The predicted octanol–water partition coefficient (Wildman–Crippen LogP) is 5.93. The molecular formula is C25H23NO3. The molecule has 1 unspecified atom stereocenters. The van der Waals surface area contributed by atoms with E-state index in [-0.39, 0.29) is 5.92 Å². The van der Waals surface area contributed by atoms with E-state index in [1.807, 2.05) is 42.5 Å². The molecule has 0 radical (unpaired) electrons. The second-order valence-corrected chi connectivity index (χ2v) is 7.74. The highest BCUT2D eigenvalue weighted by atomic mass is 16.5. The molecule has 0 spiro atoms. The van der Waals surface area contributed by atoms with Gasteiger partial charge in [-0.25, -0.2) is 4.79 Å². The van der Waals surface area contributed by atoms with Crippen molar-refractivity contribution in [2.24, 2.45) is 0 Å². The van der Waals surface area contributed by atoms with Crippen molar-refractivity contribution in [2.45, 2.75) is 25.2 Å². The highest BCUT2D eigenvalue weighted by Crippen LogP contribution is 2.44. The fourth-order valence-corrected chi connectivity index (χ4v) is 4.40. The first-order valence-corrected chi connectivity index (χ1v) is 10.1. The normalized spacial score (nSPS) is 16.9. The van der Waals surface area contributed by atoms with Crippen LogP contribution in [0.3, 0.4) is 0 Å². The minimum atomic E-state index is -0.434. The average Bonchev–Trinajstić information content (AvgIpc) is 3.07. The van der Waals surface area contributed by atoms with E-state index in [0.29, 0.717) is 12.5 Å². The van der Waals surface area contributed by atoms with Gasteiger partial charge in [-0.2, -0.15) is 0 Å². The summed E-state index contributed by atoms with van der Waals surface area (Å²) in [6.45, 7) is 3.23. The number of anilines is 1. The van der Waals surface area contributed by atoms with Gasteiger partial charge in [0.1, 0.15) is 12.4 Å². The Balaban J connectivity index is 1.30.